The van der Waals surface area contributed by atoms with Gasteiger partial charge in [0, 0.05) is 22.3 Å². The third kappa shape index (κ3) is 2.62. The third-order valence-electron chi connectivity index (χ3n) is 4.64. The van der Waals surface area contributed by atoms with Crippen molar-refractivity contribution in [3.05, 3.63) is 28.5 Å². The number of nitrogens with one attached hydrogen (secondary N) is 1. The predicted molar refractivity (Wildman–Crippen MR) is 77.6 cm³/mol. The lowest BCUT2D eigenvalue weighted by Gasteiger charge is -2.40. The van der Waals surface area contributed by atoms with E-state index < -0.39 is 0 Å². The fourth-order valence-electron chi connectivity index (χ4n) is 3.45. The molecule has 3 heteroatoms. The second-order valence-corrected chi connectivity index (χ2v) is 6.62. The molecule has 1 aliphatic heterocycles. The number of rotatable bonds is 3. The first-order valence-corrected chi connectivity index (χ1v) is 7.96. The van der Waals surface area contributed by atoms with Crippen LogP contribution in [-0.2, 0) is 0 Å². The summed E-state index contributed by atoms with van der Waals surface area (Å²) in [6, 6.07) is 4.38. The van der Waals surface area contributed by atoms with Crippen LogP contribution in [0.25, 0.3) is 0 Å². The summed E-state index contributed by atoms with van der Waals surface area (Å²) < 4.78 is 1.09. The molecule has 1 N–H and O–H groups in total. The Hall–Kier alpha value is -0.410. The van der Waals surface area contributed by atoms with E-state index in [1.54, 1.807) is 0 Å². The standard InChI is InChI=1S/C15H21BrN2/c16-13-4-5-14(18-10-13)15(11-2-1-3-11)12-6-8-17-9-7-12/h4-5,10-12,15,17H,1-3,6-9H2. The van der Waals surface area contributed by atoms with E-state index in [1.165, 1.54) is 50.9 Å². The maximum absolute atomic E-state index is 4.69. The van der Waals surface area contributed by atoms with Crippen molar-refractivity contribution < 1.29 is 0 Å². The number of hydrogen-bond donors (Lipinski definition) is 1. The monoisotopic (exact) mass is 308 g/mol. The molecule has 0 amide bonds. The van der Waals surface area contributed by atoms with E-state index in [2.05, 4.69) is 38.4 Å². The fraction of sp³-hybridized carbons (Fsp3) is 0.667. The first kappa shape index (κ1) is 12.6. The van der Waals surface area contributed by atoms with Crippen LogP contribution in [0.4, 0.5) is 0 Å². The van der Waals surface area contributed by atoms with E-state index in [4.69, 9.17) is 0 Å². The molecule has 3 rings (SSSR count). The van der Waals surface area contributed by atoms with Crippen molar-refractivity contribution in [3.8, 4) is 0 Å². The lowest BCUT2D eigenvalue weighted by atomic mass is 9.67. The first-order valence-electron chi connectivity index (χ1n) is 7.17. The molecular formula is C15H21BrN2. The molecule has 1 aromatic heterocycles. The van der Waals surface area contributed by atoms with Crippen molar-refractivity contribution in [2.24, 2.45) is 11.8 Å². The smallest absolute Gasteiger partial charge is 0.0440 e. The molecule has 1 saturated heterocycles. The summed E-state index contributed by atoms with van der Waals surface area (Å²) in [4.78, 5) is 4.69. The fourth-order valence-corrected chi connectivity index (χ4v) is 3.69. The molecule has 0 spiro atoms. The van der Waals surface area contributed by atoms with E-state index in [-0.39, 0.29) is 0 Å². The van der Waals surface area contributed by atoms with Gasteiger partial charge in [-0.25, -0.2) is 0 Å². The van der Waals surface area contributed by atoms with Crippen LogP contribution in [0, 0.1) is 11.8 Å². The average molecular weight is 309 g/mol. The second-order valence-electron chi connectivity index (χ2n) is 5.71. The molecule has 2 nitrogen and oxygen atoms in total. The van der Waals surface area contributed by atoms with Crippen LogP contribution < -0.4 is 5.32 Å². The van der Waals surface area contributed by atoms with E-state index in [0.717, 1.165) is 16.3 Å². The van der Waals surface area contributed by atoms with Gasteiger partial charge in [0.05, 0.1) is 0 Å². The topological polar surface area (TPSA) is 24.9 Å². The molecule has 1 atom stereocenters. The van der Waals surface area contributed by atoms with E-state index in [0.29, 0.717) is 5.92 Å². The van der Waals surface area contributed by atoms with Gasteiger partial charge in [-0.2, -0.15) is 0 Å². The molecule has 1 saturated carbocycles. The largest absolute Gasteiger partial charge is 0.317 e. The van der Waals surface area contributed by atoms with Gasteiger partial charge in [-0.15, -0.1) is 0 Å². The zero-order chi connectivity index (χ0) is 12.4. The van der Waals surface area contributed by atoms with Crippen molar-refractivity contribution in [3.63, 3.8) is 0 Å². The van der Waals surface area contributed by atoms with Gasteiger partial charge in [0.1, 0.15) is 0 Å². The lowest BCUT2D eigenvalue weighted by Crippen LogP contribution is -2.35. The highest BCUT2D eigenvalue weighted by molar-refractivity contribution is 9.10. The molecule has 98 valence electrons. The molecular weight excluding hydrogens is 288 g/mol. The highest BCUT2D eigenvalue weighted by Crippen LogP contribution is 2.45. The zero-order valence-electron chi connectivity index (χ0n) is 10.7. The molecule has 0 radical (unpaired) electrons. The number of nitrogens with zero attached hydrogens (tertiary/aromatic N) is 1. The summed E-state index contributed by atoms with van der Waals surface area (Å²) in [6.45, 7) is 2.37. The Kier molecular flexibility index (Phi) is 4.00. The van der Waals surface area contributed by atoms with Crippen molar-refractivity contribution in [1.82, 2.24) is 10.3 Å². The minimum Gasteiger partial charge on any atom is -0.317 e. The first-order chi connectivity index (χ1) is 8.84. The Morgan fingerprint density at radius 2 is 1.83 bits per heavy atom. The minimum atomic E-state index is 0.703. The van der Waals surface area contributed by atoms with Crippen molar-refractivity contribution in [2.75, 3.05) is 13.1 Å². The van der Waals surface area contributed by atoms with Crippen LogP contribution in [0.15, 0.2) is 22.8 Å². The number of pyridine rings is 1. The SMILES string of the molecule is Brc1ccc(C(C2CCC2)C2CCNCC2)nc1. The Morgan fingerprint density at radius 3 is 2.39 bits per heavy atom. The van der Waals surface area contributed by atoms with Crippen LogP contribution in [-0.4, -0.2) is 18.1 Å². The molecule has 2 aliphatic rings. The van der Waals surface area contributed by atoms with Crippen LogP contribution in [0.5, 0.6) is 0 Å². The number of halogens is 1. The van der Waals surface area contributed by atoms with Gasteiger partial charge in [-0.3, -0.25) is 4.98 Å². The lowest BCUT2D eigenvalue weighted by molar-refractivity contribution is 0.176. The van der Waals surface area contributed by atoms with Crippen LogP contribution in [0.1, 0.15) is 43.7 Å². The minimum absolute atomic E-state index is 0.703. The van der Waals surface area contributed by atoms with Crippen molar-refractivity contribution in [1.29, 1.82) is 0 Å². The summed E-state index contributed by atoms with van der Waals surface area (Å²) in [7, 11) is 0. The molecule has 0 aromatic carbocycles. The van der Waals surface area contributed by atoms with Gasteiger partial charge in [-0.1, -0.05) is 6.42 Å². The predicted octanol–water partition coefficient (Wildman–Crippen LogP) is 3.73. The summed E-state index contributed by atoms with van der Waals surface area (Å²) in [5, 5.41) is 3.48. The van der Waals surface area contributed by atoms with E-state index in [1.807, 2.05) is 6.20 Å². The Morgan fingerprint density at radius 1 is 1.11 bits per heavy atom. The molecule has 1 unspecified atom stereocenters. The highest BCUT2D eigenvalue weighted by atomic mass is 79.9. The van der Waals surface area contributed by atoms with Gasteiger partial charge in [0.15, 0.2) is 0 Å². The van der Waals surface area contributed by atoms with Crippen molar-refractivity contribution >= 4 is 15.9 Å². The number of aromatic nitrogens is 1. The molecule has 1 aromatic rings. The summed E-state index contributed by atoms with van der Waals surface area (Å²) in [5.41, 5.74) is 1.33. The van der Waals surface area contributed by atoms with Gasteiger partial charge in [0.2, 0.25) is 0 Å². The maximum Gasteiger partial charge on any atom is 0.0440 e. The number of hydrogen-bond acceptors (Lipinski definition) is 2. The zero-order valence-corrected chi connectivity index (χ0v) is 12.3. The second kappa shape index (κ2) is 5.70. The Balaban J connectivity index is 1.81. The third-order valence-corrected chi connectivity index (χ3v) is 5.11. The maximum atomic E-state index is 4.69. The summed E-state index contributed by atoms with van der Waals surface area (Å²) in [6.07, 6.45) is 8.83. The molecule has 2 heterocycles. The summed E-state index contributed by atoms with van der Waals surface area (Å²) >= 11 is 3.49. The molecule has 0 bridgehead atoms. The normalized spacial score (nSPS) is 23.6. The van der Waals surface area contributed by atoms with Gasteiger partial charge in [-0.05, 0) is 78.7 Å². The number of piperidine rings is 1. The van der Waals surface area contributed by atoms with Crippen molar-refractivity contribution in [2.45, 2.75) is 38.0 Å². The van der Waals surface area contributed by atoms with Crippen LogP contribution in [0.2, 0.25) is 0 Å². The van der Waals surface area contributed by atoms with Gasteiger partial charge in [0.25, 0.3) is 0 Å². The van der Waals surface area contributed by atoms with E-state index >= 15 is 0 Å². The molecule has 1 aliphatic carbocycles. The van der Waals surface area contributed by atoms with Crippen LogP contribution >= 0.6 is 15.9 Å². The quantitative estimate of drug-likeness (QED) is 0.920. The molecule has 2 fully saturated rings. The Bertz CT molecular complexity index is 380. The van der Waals surface area contributed by atoms with Gasteiger partial charge >= 0.3 is 0 Å². The summed E-state index contributed by atoms with van der Waals surface area (Å²) in [5.74, 6) is 2.43. The van der Waals surface area contributed by atoms with Gasteiger partial charge < -0.3 is 5.32 Å². The van der Waals surface area contributed by atoms with Crippen LogP contribution in [0.3, 0.4) is 0 Å². The molecule has 18 heavy (non-hydrogen) atoms. The highest BCUT2D eigenvalue weighted by Gasteiger charge is 2.35. The Labute approximate surface area is 118 Å². The van der Waals surface area contributed by atoms with E-state index in [9.17, 15) is 0 Å². The average Bonchev–Trinajstić information content (AvgIpc) is 2.36.